The van der Waals surface area contributed by atoms with Crippen molar-refractivity contribution in [3.63, 3.8) is 0 Å². The van der Waals surface area contributed by atoms with E-state index in [1.54, 1.807) is 6.92 Å². The number of fused-ring (bicyclic) bond motifs is 2. The van der Waals surface area contributed by atoms with E-state index in [0.717, 1.165) is 6.26 Å². The number of carbonyl (C=O) groups excluding carboxylic acids is 2. The van der Waals surface area contributed by atoms with Gasteiger partial charge in [0, 0.05) is 24.0 Å². The normalized spacial score (nSPS) is 19.9. The largest absolute Gasteiger partial charge is 0.408 e. The number of sulfonamides is 1. The highest BCUT2D eigenvalue weighted by atomic mass is 32.2. The third-order valence-electron chi connectivity index (χ3n) is 7.66. The minimum atomic E-state index is -4.68. The van der Waals surface area contributed by atoms with Crippen LogP contribution < -0.4 is 10.5 Å². The molecule has 230 valence electrons. The molecule has 0 unspecified atom stereocenters. The molecule has 5 rings (SSSR count). The maximum atomic E-state index is 13.7. The third-order valence-corrected chi connectivity index (χ3v) is 8.25. The monoisotopic (exact) mass is 621 g/mol. The Kier molecular flexibility index (Phi) is 7.49. The molecule has 1 aromatic carbocycles. The van der Waals surface area contributed by atoms with Crippen LogP contribution in [0, 0.1) is 0 Å². The molecule has 2 amide bonds. The van der Waals surface area contributed by atoms with E-state index in [2.05, 4.69) is 19.8 Å². The predicted octanol–water partition coefficient (Wildman–Crippen LogP) is 3.55. The molecule has 0 saturated heterocycles. The lowest BCUT2D eigenvalue weighted by atomic mass is 9.85. The van der Waals surface area contributed by atoms with Gasteiger partial charge < -0.3 is 15.7 Å². The number of nitrogens with one attached hydrogen (secondary N) is 1. The number of nitrogen functional groups attached to an aromatic ring is 1. The molecule has 1 aliphatic heterocycles. The van der Waals surface area contributed by atoms with Crippen molar-refractivity contribution in [1.82, 2.24) is 19.5 Å². The zero-order valence-electron chi connectivity index (χ0n) is 23.6. The second-order valence-corrected chi connectivity index (χ2v) is 12.9. The summed E-state index contributed by atoms with van der Waals surface area (Å²) in [6.07, 6.45) is -0.954. The van der Waals surface area contributed by atoms with Crippen LogP contribution in [-0.2, 0) is 16.6 Å². The Balaban J connectivity index is 1.57. The lowest BCUT2D eigenvalue weighted by Crippen LogP contribution is -2.45. The van der Waals surface area contributed by atoms with E-state index in [1.165, 1.54) is 35.8 Å². The maximum Gasteiger partial charge on any atom is 0.408 e. The van der Waals surface area contributed by atoms with E-state index in [4.69, 9.17) is 5.73 Å². The molecule has 2 aromatic heterocycles. The fourth-order valence-corrected chi connectivity index (χ4v) is 6.05. The van der Waals surface area contributed by atoms with Gasteiger partial charge in [-0.1, -0.05) is 6.92 Å². The number of hydrogen-bond acceptors (Lipinski definition) is 8. The molecule has 0 spiro atoms. The lowest BCUT2D eigenvalue weighted by Gasteiger charge is -2.28. The molecule has 16 heteroatoms. The first-order valence-corrected chi connectivity index (χ1v) is 15.4. The Morgan fingerprint density at radius 2 is 1.95 bits per heavy atom. The van der Waals surface area contributed by atoms with Crippen molar-refractivity contribution in [3.8, 4) is 11.3 Å². The molecule has 1 fully saturated rings. The number of benzene rings is 1. The predicted molar refractivity (Wildman–Crippen MR) is 152 cm³/mol. The van der Waals surface area contributed by atoms with E-state index < -0.39 is 46.2 Å². The molecule has 3 aromatic rings. The van der Waals surface area contributed by atoms with Gasteiger partial charge in [0.05, 0.1) is 28.8 Å². The summed E-state index contributed by atoms with van der Waals surface area (Å²) in [7, 11) is -3.93. The Morgan fingerprint density at radius 1 is 1.28 bits per heavy atom. The van der Waals surface area contributed by atoms with Crippen molar-refractivity contribution >= 4 is 44.7 Å². The maximum absolute atomic E-state index is 13.7. The second-order valence-electron chi connectivity index (χ2n) is 11.2. The highest BCUT2D eigenvalue weighted by Crippen LogP contribution is 2.39. The summed E-state index contributed by atoms with van der Waals surface area (Å²) in [5.41, 5.74) is 6.16. The molecule has 1 atom stereocenters. The molecule has 43 heavy (non-hydrogen) atoms. The standard InChI is InChI=1S/C27H30F3N7O5S/c1-4-19(27(28,29)30)36-13-15-11-14(12-18(20(15)25(36)39)35-43(3,41)42)17-7-10-37-23(33-17)21(22(31)34-37)24(38)32-16-5-8-26(2,40)9-6-16/h7,10-12,19,35,40H,4-6,8-9,13H2,1-3H3,(H2,31,34)/t19-,26?/m0/s1. The number of rotatable bonds is 6. The van der Waals surface area contributed by atoms with E-state index in [0.29, 0.717) is 36.3 Å². The first kappa shape index (κ1) is 30.4. The van der Waals surface area contributed by atoms with E-state index in [1.807, 2.05) is 0 Å². The number of carbonyl (C=O) groups is 2. The first-order valence-electron chi connectivity index (χ1n) is 13.5. The van der Waals surface area contributed by atoms with Gasteiger partial charge in [0.2, 0.25) is 10.0 Å². The van der Waals surface area contributed by atoms with Crippen molar-refractivity contribution in [3.05, 3.63) is 41.1 Å². The van der Waals surface area contributed by atoms with E-state index in [9.17, 15) is 36.3 Å². The lowest BCUT2D eigenvalue weighted by molar-refractivity contribution is -0.177. The van der Waals surface area contributed by atoms with Crippen LogP contribution in [0.15, 0.2) is 29.4 Å². The average Bonchev–Trinajstić information content (AvgIpc) is 3.39. The number of amides is 2. The number of nitrogens with two attached hydrogens (primary N) is 1. The van der Waals surface area contributed by atoms with Crippen LogP contribution >= 0.6 is 0 Å². The highest BCUT2D eigenvalue weighted by Gasteiger charge is 2.47. The summed E-state index contributed by atoms with van der Waals surface area (Å²) in [4.78, 5) is 35.8. The van der Waals surface area contributed by atoms with E-state index in [-0.39, 0.29) is 51.5 Å². The molecule has 3 heterocycles. The molecule has 0 bridgehead atoms. The fourth-order valence-electron chi connectivity index (χ4n) is 5.49. The molecule has 1 aliphatic carbocycles. The minimum Gasteiger partial charge on any atom is -0.390 e. The van der Waals surface area contributed by atoms with E-state index >= 15 is 0 Å². The second kappa shape index (κ2) is 10.6. The smallest absolute Gasteiger partial charge is 0.390 e. The zero-order chi connectivity index (χ0) is 31.5. The van der Waals surface area contributed by atoms with Crippen LogP contribution in [0.3, 0.4) is 0 Å². The summed E-state index contributed by atoms with van der Waals surface area (Å²) < 4.78 is 69.1. The van der Waals surface area contributed by atoms with Crippen LogP contribution in [0.2, 0.25) is 0 Å². The fraction of sp³-hybridized carbons (Fsp3) is 0.444. The molecule has 4 N–H and O–H groups in total. The van der Waals surface area contributed by atoms with Crippen molar-refractivity contribution < 1.29 is 36.3 Å². The number of anilines is 2. The van der Waals surface area contributed by atoms with Gasteiger partial charge in [0.15, 0.2) is 11.5 Å². The Labute approximate surface area is 244 Å². The third kappa shape index (κ3) is 6.06. The van der Waals surface area contributed by atoms with Crippen LogP contribution in [0.1, 0.15) is 72.2 Å². The number of nitrogens with zero attached hydrogens (tertiary/aromatic N) is 5. The van der Waals surface area contributed by atoms with Crippen LogP contribution in [0.5, 0.6) is 0 Å². The van der Waals surface area contributed by atoms with Gasteiger partial charge in [0.25, 0.3) is 11.8 Å². The summed E-state index contributed by atoms with van der Waals surface area (Å²) >= 11 is 0. The number of hydrogen-bond donors (Lipinski definition) is 3. The molecular weight excluding hydrogens is 591 g/mol. The van der Waals surface area contributed by atoms with Gasteiger partial charge in [-0.2, -0.15) is 13.2 Å². The number of alkyl halides is 3. The molecule has 12 nitrogen and oxygen atoms in total. The molecule has 0 radical (unpaired) electrons. The van der Waals surface area contributed by atoms with Crippen LogP contribution in [0.25, 0.3) is 16.9 Å². The van der Waals surface area contributed by atoms with Gasteiger partial charge in [-0.15, -0.1) is 5.10 Å². The minimum absolute atomic E-state index is 0.0559. The van der Waals surface area contributed by atoms with Crippen molar-refractivity contribution in [2.45, 2.75) is 70.3 Å². The summed E-state index contributed by atoms with van der Waals surface area (Å²) in [5, 5.41) is 14.3. The summed E-state index contributed by atoms with van der Waals surface area (Å²) in [6, 6.07) is 2.23. The zero-order valence-corrected chi connectivity index (χ0v) is 24.4. The summed E-state index contributed by atoms with van der Waals surface area (Å²) in [6.45, 7) is 2.64. The van der Waals surface area contributed by atoms with Crippen LogP contribution in [0.4, 0.5) is 24.7 Å². The van der Waals surface area contributed by atoms with Gasteiger partial charge in [-0.25, -0.2) is 22.9 Å². The highest BCUT2D eigenvalue weighted by molar-refractivity contribution is 7.92. The SMILES string of the molecule is CC[C@H](N1Cc2cc(-c3ccn4nc(N)c(C(=O)N=C5CCC(C)(O)CC5)c4n3)cc(NS(C)(=O)=O)c2C1=O)C(F)(F)F. The van der Waals surface area contributed by atoms with Gasteiger partial charge in [-0.05, 0) is 62.8 Å². The Hall–Kier alpha value is -4.05. The molecule has 2 aliphatic rings. The summed E-state index contributed by atoms with van der Waals surface area (Å²) in [5.74, 6) is -1.73. The quantitative estimate of drug-likeness (QED) is 0.375. The van der Waals surface area contributed by atoms with Crippen molar-refractivity contribution in [2.75, 3.05) is 16.7 Å². The van der Waals surface area contributed by atoms with Gasteiger partial charge in [0.1, 0.15) is 11.6 Å². The number of aliphatic imine (C=N–C) groups is 1. The Morgan fingerprint density at radius 3 is 2.56 bits per heavy atom. The van der Waals surface area contributed by atoms with Crippen molar-refractivity contribution in [2.24, 2.45) is 4.99 Å². The average molecular weight is 622 g/mol. The number of halogens is 3. The number of aliphatic hydroxyl groups is 1. The topological polar surface area (TPSA) is 172 Å². The Bertz CT molecular complexity index is 1770. The molecule has 1 saturated carbocycles. The van der Waals surface area contributed by atoms with Crippen LogP contribution in [-0.4, -0.2) is 74.6 Å². The number of aromatic nitrogens is 3. The van der Waals surface area contributed by atoms with Gasteiger partial charge in [-0.3, -0.25) is 14.3 Å². The molecular formula is C27H30F3N7O5S. The van der Waals surface area contributed by atoms with Crippen molar-refractivity contribution in [1.29, 1.82) is 0 Å². The van der Waals surface area contributed by atoms with Gasteiger partial charge >= 0.3 is 6.18 Å². The first-order chi connectivity index (χ1) is 20.0.